The van der Waals surface area contributed by atoms with Crippen molar-refractivity contribution in [3.8, 4) is 11.5 Å². The zero-order valence-corrected chi connectivity index (χ0v) is 14.5. The zero-order valence-electron chi connectivity index (χ0n) is 13.7. The zero-order chi connectivity index (χ0) is 17.1. The van der Waals surface area contributed by atoms with Gasteiger partial charge in [0.15, 0.2) is 11.6 Å². The Kier molecular flexibility index (Phi) is 6.33. The minimum Gasteiger partial charge on any atom is -0.454 e. The van der Waals surface area contributed by atoms with Gasteiger partial charge in [-0.3, -0.25) is 4.79 Å². The molecule has 1 aliphatic rings. The van der Waals surface area contributed by atoms with E-state index in [-0.39, 0.29) is 30.1 Å². The predicted molar refractivity (Wildman–Crippen MR) is 93.5 cm³/mol. The van der Waals surface area contributed by atoms with Gasteiger partial charge in [0.05, 0.1) is 0 Å². The molecule has 4 nitrogen and oxygen atoms in total. The van der Waals surface area contributed by atoms with Gasteiger partial charge in [0, 0.05) is 37.3 Å². The number of benzene rings is 2. The lowest BCUT2D eigenvalue weighted by atomic mass is 10.1. The Morgan fingerprint density at radius 2 is 1.92 bits per heavy atom. The Morgan fingerprint density at radius 3 is 2.56 bits per heavy atom. The second kappa shape index (κ2) is 8.27. The molecule has 0 radical (unpaired) electrons. The highest BCUT2D eigenvalue weighted by Gasteiger charge is 2.23. The molecule has 1 fully saturated rings. The molecule has 1 saturated heterocycles. The van der Waals surface area contributed by atoms with Crippen LogP contribution in [0.4, 0.5) is 8.78 Å². The Morgan fingerprint density at radius 1 is 1.20 bits per heavy atom. The summed E-state index contributed by atoms with van der Waals surface area (Å²) in [5.41, 5.74) is 0.552. The van der Waals surface area contributed by atoms with Gasteiger partial charge in [-0.1, -0.05) is 0 Å². The van der Waals surface area contributed by atoms with Gasteiger partial charge in [-0.2, -0.15) is 0 Å². The van der Waals surface area contributed by atoms with E-state index in [1.165, 1.54) is 6.07 Å². The van der Waals surface area contributed by atoms with Crippen LogP contribution in [0.3, 0.4) is 0 Å². The number of hydrogen-bond acceptors (Lipinski definition) is 3. The SMILES string of the molecule is C[C@@H]1CNCCN1C(=O)c1ccc(Oc2ccc(F)cc2F)cc1.Cl. The number of nitrogens with zero attached hydrogens (tertiary/aromatic N) is 1. The number of piperazine rings is 1. The van der Waals surface area contributed by atoms with Crippen molar-refractivity contribution < 1.29 is 18.3 Å². The lowest BCUT2D eigenvalue weighted by molar-refractivity contribution is 0.0655. The van der Waals surface area contributed by atoms with Gasteiger partial charge in [0.1, 0.15) is 11.6 Å². The summed E-state index contributed by atoms with van der Waals surface area (Å²) in [6.45, 7) is 4.22. The molecule has 1 amide bonds. The third-order valence-corrected chi connectivity index (χ3v) is 3.99. The second-order valence-corrected chi connectivity index (χ2v) is 5.75. The summed E-state index contributed by atoms with van der Waals surface area (Å²) in [6, 6.07) is 9.75. The molecular weight excluding hydrogens is 350 g/mol. The van der Waals surface area contributed by atoms with Crippen molar-refractivity contribution in [2.75, 3.05) is 19.6 Å². The molecule has 7 heteroatoms. The van der Waals surface area contributed by atoms with E-state index in [0.717, 1.165) is 25.2 Å². The maximum atomic E-state index is 13.6. The summed E-state index contributed by atoms with van der Waals surface area (Å²) >= 11 is 0. The first-order valence-electron chi connectivity index (χ1n) is 7.79. The number of amides is 1. The molecule has 2 aromatic carbocycles. The summed E-state index contributed by atoms with van der Waals surface area (Å²) in [6.07, 6.45) is 0. The highest BCUT2D eigenvalue weighted by molar-refractivity contribution is 5.94. The number of hydrogen-bond donors (Lipinski definition) is 1. The molecular formula is C18H19ClF2N2O2. The summed E-state index contributed by atoms with van der Waals surface area (Å²) in [4.78, 5) is 14.4. The van der Waals surface area contributed by atoms with Crippen LogP contribution in [0, 0.1) is 11.6 Å². The van der Waals surface area contributed by atoms with Gasteiger partial charge >= 0.3 is 0 Å². The van der Waals surface area contributed by atoms with Crippen molar-refractivity contribution in [1.29, 1.82) is 0 Å². The standard InChI is InChI=1S/C18H18F2N2O2.ClH/c1-12-11-21-8-9-22(12)18(23)13-2-5-15(6-3-13)24-17-7-4-14(19)10-16(17)20;/h2-7,10,12,21H,8-9,11H2,1H3;1H/t12-;/m1./s1. The van der Waals surface area contributed by atoms with Crippen LogP contribution in [0.2, 0.25) is 0 Å². The average Bonchev–Trinajstić information content (AvgIpc) is 2.58. The number of carbonyl (C=O) groups excluding carboxylic acids is 1. The maximum Gasteiger partial charge on any atom is 0.254 e. The van der Waals surface area contributed by atoms with E-state index in [4.69, 9.17) is 4.74 Å². The van der Waals surface area contributed by atoms with Crippen molar-refractivity contribution in [1.82, 2.24) is 10.2 Å². The smallest absolute Gasteiger partial charge is 0.254 e. The van der Waals surface area contributed by atoms with Crippen molar-refractivity contribution in [2.45, 2.75) is 13.0 Å². The molecule has 0 bridgehead atoms. The molecule has 25 heavy (non-hydrogen) atoms. The van der Waals surface area contributed by atoms with Crippen LogP contribution < -0.4 is 10.1 Å². The predicted octanol–water partition coefficient (Wildman–Crippen LogP) is 3.61. The molecule has 1 N–H and O–H groups in total. The van der Waals surface area contributed by atoms with E-state index in [0.29, 0.717) is 17.9 Å². The summed E-state index contributed by atoms with van der Waals surface area (Å²) in [7, 11) is 0. The largest absolute Gasteiger partial charge is 0.454 e. The molecule has 0 aromatic heterocycles. The molecule has 1 aliphatic heterocycles. The Bertz CT molecular complexity index is 740. The second-order valence-electron chi connectivity index (χ2n) is 5.75. The lowest BCUT2D eigenvalue weighted by Crippen LogP contribution is -2.52. The highest BCUT2D eigenvalue weighted by atomic mass is 35.5. The first kappa shape index (κ1) is 19.1. The quantitative estimate of drug-likeness (QED) is 0.899. The molecule has 1 heterocycles. The van der Waals surface area contributed by atoms with Crippen molar-refractivity contribution >= 4 is 18.3 Å². The number of nitrogens with one attached hydrogen (secondary N) is 1. The lowest BCUT2D eigenvalue weighted by Gasteiger charge is -2.34. The topological polar surface area (TPSA) is 41.6 Å². The van der Waals surface area contributed by atoms with Crippen LogP contribution in [0.25, 0.3) is 0 Å². The summed E-state index contributed by atoms with van der Waals surface area (Å²) in [5, 5.41) is 3.24. The van der Waals surface area contributed by atoms with Crippen LogP contribution in [0.5, 0.6) is 11.5 Å². The monoisotopic (exact) mass is 368 g/mol. The minimum atomic E-state index is -0.773. The number of ether oxygens (including phenoxy) is 1. The Balaban J connectivity index is 0.00000225. The third kappa shape index (κ3) is 4.46. The van der Waals surface area contributed by atoms with E-state index >= 15 is 0 Å². The molecule has 0 saturated carbocycles. The Labute approximate surface area is 151 Å². The average molecular weight is 369 g/mol. The minimum absolute atomic E-state index is 0. The van der Waals surface area contributed by atoms with Crippen LogP contribution in [-0.4, -0.2) is 36.5 Å². The van der Waals surface area contributed by atoms with E-state index in [2.05, 4.69) is 5.32 Å². The number of halogens is 3. The van der Waals surface area contributed by atoms with Crippen molar-refractivity contribution in [2.24, 2.45) is 0 Å². The Hall–Kier alpha value is -2.18. The van der Waals surface area contributed by atoms with E-state index in [1.54, 1.807) is 24.3 Å². The van der Waals surface area contributed by atoms with E-state index < -0.39 is 11.6 Å². The van der Waals surface area contributed by atoms with Crippen LogP contribution in [0.15, 0.2) is 42.5 Å². The van der Waals surface area contributed by atoms with Crippen LogP contribution in [-0.2, 0) is 0 Å². The molecule has 0 aliphatic carbocycles. The van der Waals surface area contributed by atoms with Crippen LogP contribution >= 0.6 is 12.4 Å². The van der Waals surface area contributed by atoms with E-state index in [1.807, 2.05) is 11.8 Å². The number of carbonyl (C=O) groups is 1. The van der Waals surface area contributed by atoms with E-state index in [9.17, 15) is 13.6 Å². The fourth-order valence-corrected chi connectivity index (χ4v) is 2.66. The maximum absolute atomic E-state index is 13.6. The first-order chi connectivity index (χ1) is 11.5. The third-order valence-electron chi connectivity index (χ3n) is 3.99. The van der Waals surface area contributed by atoms with Gasteiger partial charge in [-0.05, 0) is 43.3 Å². The van der Waals surface area contributed by atoms with Gasteiger partial charge in [0.25, 0.3) is 5.91 Å². The van der Waals surface area contributed by atoms with Crippen molar-refractivity contribution in [3.05, 3.63) is 59.7 Å². The number of rotatable bonds is 3. The molecule has 0 spiro atoms. The van der Waals surface area contributed by atoms with Gasteiger partial charge in [0.2, 0.25) is 0 Å². The van der Waals surface area contributed by atoms with Crippen molar-refractivity contribution in [3.63, 3.8) is 0 Å². The molecule has 1 atom stereocenters. The van der Waals surface area contributed by atoms with Gasteiger partial charge in [-0.25, -0.2) is 8.78 Å². The van der Waals surface area contributed by atoms with Gasteiger partial charge in [-0.15, -0.1) is 12.4 Å². The normalized spacial score (nSPS) is 16.9. The highest BCUT2D eigenvalue weighted by Crippen LogP contribution is 2.25. The summed E-state index contributed by atoms with van der Waals surface area (Å²) < 4.78 is 31.9. The molecule has 3 rings (SSSR count). The summed E-state index contributed by atoms with van der Waals surface area (Å²) in [5.74, 6) is -1.16. The van der Waals surface area contributed by atoms with Crippen LogP contribution in [0.1, 0.15) is 17.3 Å². The first-order valence-corrected chi connectivity index (χ1v) is 7.79. The molecule has 0 unspecified atom stereocenters. The molecule has 2 aromatic rings. The molecule has 134 valence electrons. The van der Waals surface area contributed by atoms with Gasteiger partial charge < -0.3 is 15.0 Å². The fraction of sp³-hybridized carbons (Fsp3) is 0.278. The fourth-order valence-electron chi connectivity index (χ4n) is 2.66.